The summed E-state index contributed by atoms with van der Waals surface area (Å²) in [7, 11) is -1.28. The Labute approximate surface area is 204 Å². The largest absolute Gasteiger partial charge is 0.495 e. The van der Waals surface area contributed by atoms with Gasteiger partial charge in [0.1, 0.15) is 10.8 Å². The van der Waals surface area contributed by atoms with Crippen LogP contribution in [0.15, 0.2) is 52.9 Å². The van der Waals surface area contributed by atoms with E-state index in [2.05, 4.69) is 28.8 Å². The summed E-state index contributed by atoms with van der Waals surface area (Å²) < 4.78 is 38.4. The van der Waals surface area contributed by atoms with E-state index in [1.807, 2.05) is 12.1 Å². The molecule has 34 heavy (non-hydrogen) atoms. The molecule has 2 unspecified atom stereocenters. The molecule has 0 bridgehead atoms. The molecule has 1 N–H and O–H groups in total. The maximum absolute atomic E-state index is 13.0. The summed E-state index contributed by atoms with van der Waals surface area (Å²) in [5.41, 5.74) is 2.68. The molecule has 180 valence electrons. The predicted molar refractivity (Wildman–Crippen MR) is 133 cm³/mol. The molecule has 1 aliphatic carbocycles. The molecule has 1 aliphatic rings. The molecule has 0 saturated heterocycles. The van der Waals surface area contributed by atoms with Gasteiger partial charge in [-0.15, -0.1) is 11.3 Å². The minimum absolute atomic E-state index is 0.0724. The summed E-state index contributed by atoms with van der Waals surface area (Å²) in [4.78, 5) is 16.1. The molecule has 0 aliphatic heterocycles. The number of carbonyl (C=O) groups excluding carboxylic acids is 1. The summed E-state index contributed by atoms with van der Waals surface area (Å²) in [5, 5.41) is 2.08. The van der Waals surface area contributed by atoms with Crippen LogP contribution in [0.1, 0.15) is 54.4 Å². The Bertz CT molecular complexity index is 1270. The summed E-state index contributed by atoms with van der Waals surface area (Å²) in [6.07, 6.45) is 5.01. The molecule has 1 aromatic heterocycles. The summed E-state index contributed by atoms with van der Waals surface area (Å²) in [6.45, 7) is 2.31. The monoisotopic (exact) mass is 500 g/mol. The molecule has 7 nitrogen and oxygen atoms in total. The Hall–Kier alpha value is -2.91. The first-order valence-corrected chi connectivity index (χ1v) is 13.5. The van der Waals surface area contributed by atoms with Gasteiger partial charge in [-0.1, -0.05) is 44.0 Å². The van der Waals surface area contributed by atoms with E-state index in [0.717, 1.165) is 11.5 Å². The molecular formula is C25H28N2O5S2. The minimum Gasteiger partial charge on any atom is -0.495 e. The van der Waals surface area contributed by atoms with Gasteiger partial charge in [0.25, 0.3) is 10.0 Å². The second kappa shape index (κ2) is 10.1. The Kier molecular flexibility index (Phi) is 7.23. The molecule has 0 radical (unpaired) electrons. The van der Waals surface area contributed by atoms with Crippen LogP contribution in [0.3, 0.4) is 0 Å². The fraction of sp³-hybridized carbons (Fsp3) is 0.360. The summed E-state index contributed by atoms with van der Waals surface area (Å²) in [6, 6.07) is 12.7. The van der Waals surface area contributed by atoms with E-state index in [-0.39, 0.29) is 22.0 Å². The van der Waals surface area contributed by atoms with E-state index in [4.69, 9.17) is 9.47 Å². The van der Waals surface area contributed by atoms with Crippen molar-refractivity contribution in [1.82, 2.24) is 4.98 Å². The van der Waals surface area contributed by atoms with Crippen molar-refractivity contribution in [2.45, 2.75) is 43.6 Å². The molecule has 2 atom stereocenters. The first-order valence-electron chi connectivity index (χ1n) is 11.2. The minimum atomic E-state index is -3.95. The molecule has 0 spiro atoms. The maximum atomic E-state index is 13.0. The molecule has 1 heterocycles. The number of sulfonamides is 1. The number of hydrogen-bond acceptors (Lipinski definition) is 7. The van der Waals surface area contributed by atoms with Crippen molar-refractivity contribution >= 4 is 33.0 Å². The van der Waals surface area contributed by atoms with Crippen LogP contribution in [0.4, 0.5) is 5.69 Å². The molecule has 3 aromatic rings. The number of nitrogens with zero attached hydrogens (tertiary/aromatic N) is 1. The predicted octanol–water partition coefficient (Wildman–Crippen LogP) is 5.70. The van der Waals surface area contributed by atoms with Gasteiger partial charge in [0.05, 0.1) is 25.5 Å². The number of hydrogen-bond donors (Lipinski definition) is 1. The van der Waals surface area contributed by atoms with Gasteiger partial charge in [0.2, 0.25) is 0 Å². The zero-order valence-electron chi connectivity index (χ0n) is 19.4. The van der Waals surface area contributed by atoms with Crippen LogP contribution in [-0.4, -0.2) is 33.6 Å². The van der Waals surface area contributed by atoms with Crippen molar-refractivity contribution in [3.05, 3.63) is 59.0 Å². The Balaban J connectivity index is 1.51. The molecule has 1 fully saturated rings. The van der Waals surface area contributed by atoms with Gasteiger partial charge in [-0.2, -0.15) is 8.42 Å². The van der Waals surface area contributed by atoms with Gasteiger partial charge in [-0.25, -0.2) is 9.78 Å². The number of anilines is 1. The van der Waals surface area contributed by atoms with Gasteiger partial charge < -0.3 is 9.47 Å². The molecule has 4 rings (SSSR count). The van der Waals surface area contributed by atoms with Crippen LogP contribution in [-0.2, 0) is 14.8 Å². The Morgan fingerprint density at radius 1 is 1.12 bits per heavy atom. The van der Waals surface area contributed by atoms with Crippen molar-refractivity contribution in [2.75, 3.05) is 18.9 Å². The molecular weight excluding hydrogens is 472 g/mol. The summed E-state index contributed by atoms with van der Waals surface area (Å²) in [5.74, 6) is 1.01. The van der Waals surface area contributed by atoms with Crippen molar-refractivity contribution < 1.29 is 22.7 Å². The van der Waals surface area contributed by atoms with E-state index >= 15 is 0 Å². The molecule has 9 heteroatoms. The van der Waals surface area contributed by atoms with Gasteiger partial charge in [0, 0.05) is 10.9 Å². The highest BCUT2D eigenvalue weighted by atomic mass is 32.2. The molecule has 1 saturated carbocycles. The van der Waals surface area contributed by atoms with Crippen LogP contribution in [0.2, 0.25) is 0 Å². The van der Waals surface area contributed by atoms with E-state index in [0.29, 0.717) is 10.9 Å². The first kappa shape index (κ1) is 24.2. The number of methoxy groups -OCH3 is 2. The lowest BCUT2D eigenvalue weighted by Gasteiger charge is -2.27. The zero-order valence-corrected chi connectivity index (χ0v) is 21.0. The number of benzene rings is 2. The SMILES string of the molecule is COC(=O)c1ccc(NS(=O)(=O)c2csc(-c3ccc(C4CCCC(C)C4)cc3)n2)c(OC)c1. The standard InChI is InChI=1S/C25H28N2O5S2/c1-16-5-4-6-19(13-16)17-7-9-18(10-8-17)24-26-23(15-33-24)34(29,30)27-21-12-11-20(25(28)32-3)14-22(21)31-2/h7-12,14-16,19,27H,4-6,13H2,1-3H3. The molecule has 2 aromatic carbocycles. The van der Waals surface area contributed by atoms with Crippen LogP contribution < -0.4 is 9.46 Å². The third-order valence-electron chi connectivity index (χ3n) is 6.19. The molecule has 0 amide bonds. The van der Waals surface area contributed by atoms with Gasteiger partial charge in [-0.05, 0) is 48.4 Å². The van der Waals surface area contributed by atoms with Crippen LogP contribution in [0.5, 0.6) is 5.75 Å². The van der Waals surface area contributed by atoms with E-state index in [1.165, 1.54) is 80.4 Å². The van der Waals surface area contributed by atoms with Crippen molar-refractivity contribution in [3.8, 4) is 16.3 Å². The maximum Gasteiger partial charge on any atom is 0.337 e. The van der Waals surface area contributed by atoms with Crippen molar-refractivity contribution in [1.29, 1.82) is 0 Å². The average Bonchev–Trinajstić information content (AvgIpc) is 3.35. The lowest BCUT2D eigenvalue weighted by atomic mass is 9.79. The first-order chi connectivity index (χ1) is 16.3. The Morgan fingerprint density at radius 3 is 2.56 bits per heavy atom. The van der Waals surface area contributed by atoms with Gasteiger partial charge in [0.15, 0.2) is 5.03 Å². The van der Waals surface area contributed by atoms with Gasteiger partial charge >= 0.3 is 5.97 Å². The number of aromatic nitrogens is 1. The highest BCUT2D eigenvalue weighted by Gasteiger charge is 2.23. The van der Waals surface area contributed by atoms with Crippen LogP contribution in [0.25, 0.3) is 10.6 Å². The van der Waals surface area contributed by atoms with E-state index < -0.39 is 16.0 Å². The number of ether oxygens (including phenoxy) is 2. The number of rotatable bonds is 7. The van der Waals surface area contributed by atoms with E-state index in [9.17, 15) is 13.2 Å². The van der Waals surface area contributed by atoms with Crippen molar-refractivity contribution in [2.24, 2.45) is 5.92 Å². The van der Waals surface area contributed by atoms with Crippen LogP contribution >= 0.6 is 11.3 Å². The second-order valence-corrected chi connectivity index (χ2v) is 11.1. The number of carbonyl (C=O) groups is 1. The fourth-order valence-corrected chi connectivity index (χ4v) is 6.54. The number of esters is 1. The lowest BCUT2D eigenvalue weighted by Crippen LogP contribution is -2.14. The quantitative estimate of drug-likeness (QED) is 0.418. The smallest absolute Gasteiger partial charge is 0.337 e. The van der Waals surface area contributed by atoms with Crippen molar-refractivity contribution in [3.63, 3.8) is 0 Å². The average molecular weight is 501 g/mol. The number of thiazole rings is 1. The van der Waals surface area contributed by atoms with Crippen LogP contribution in [0, 0.1) is 5.92 Å². The van der Waals surface area contributed by atoms with E-state index in [1.54, 1.807) is 0 Å². The number of nitrogens with one attached hydrogen (secondary N) is 1. The third kappa shape index (κ3) is 5.26. The fourth-order valence-electron chi connectivity index (χ4n) is 4.37. The normalized spacial score (nSPS) is 18.3. The van der Waals surface area contributed by atoms with Gasteiger partial charge in [-0.3, -0.25) is 4.72 Å². The summed E-state index contributed by atoms with van der Waals surface area (Å²) >= 11 is 1.28. The topological polar surface area (TPSA) is 94.6 Å². The zero-order chi connectivity index (χ0) is 24.3. The third-order valence-corrected chi connectivity index (χ3v) is 8.48. The highest BCUT2D eigenvalue weighted by molar-refractivity contribution is 7.92. The second-order valence-electron chi connectivity index (χ2n) is 8.59. The lowest BCUT2D eigenvalue weighted by molar-refractivity contribution is 0.0600. The highest BCUT2D eigenvalue weighted by Crippen LogP contribution is 2.37. The Morgan fingerprint density at radius 2 is 1.88 bits per heavy atom.